The summed E-state index contributed by atoms with van der Waals surface area (Å²) in [6, 6.07) is 0. The molecule has 4 heteroatoms. The van der Waals surface area contributed by atoms with E-state index in [2.05, 4.69) is 5.32 Å². The van der Waals surface area contributed by atoms with Crippen molar-refractivity contribution in [3.63, 3.8) is 0 Å². The molecule has 0 saturated heterocycles. The van der Waals surface area contributed by atoms with E-state index in [1.807, 2.05) is 13.8 Å². The van der Waals surface area contributed by atoms with Gasteiger partial charge in [-0.15, -0.1) is 0 Å². The number of aliphatic hydroxyl groups is 2. The molecule has 1 amide bonds. The molecule has 0 saturated carbocycles. The van der Waals surface area contributed by atoms with E-state index in [1.54, 1.807) is 6.92 Å². The molecule has 0 aliphatic heterocycles. The summed E-state index contributed by atoms with van der Waals surface area (Å²) in [6.45, 7) is 6.68. The summed E-state index contributed by atoms with van der Waals surface area (Å²) in [6.07, 6.45) is 0.513. The molecule has 0 spiro atoms. The molecule has 4 nitrogen and oxygen atoms in total. The first-order valence-corrected chi connectivity index (χ1v) is 4.60. The number of hydrogen-bond donors (Lipinski definition) is 3. The Hall–Kier alpha value is -0.610. The Morgan fingerprint density at radius 1 is 1.31 bits per heavy atom. The largest absolute Gasteiger partial charge is 0.394 e. The van der Waals surface area contributed by atoms with Crippen LogP contribution >= 0.6 is 0 Å². The zero-order valence-corrected chi connectivity index (χ0v) is 8.92. The van der Waals surface area contributed by atoms with Gasteiger partial charge < -0.3 is 15.5 Å². The number of rotatable bonds is 4. The van der Waals surface area contributed by atoms with Crippen molar-refractivity contribution in [3.8, 4) is 0 Å². The Labute approximate surface area is 80.0 Å². The lowest BCUT2D eigenvalue weighted by atomic mass is 9.99. The van der Waals surface area contributed by atoms with E-state index in [-0.39, 0.29) is 19.1 Å². The van der Waals surface area contributed by atoms with Gasteiger partial charge in [-0.2, -0.15) is 0 Å². The average Bonchev–Trinajstić information content (AvgIpc) is 2.17. The molecular weight excluding hydrogens is 170 g/mol. The van der Waals surface area contributed by atoms with E-state index in [0.29, 0.717) is 6.42 Å². The van der Waals surface area contributed by atoms with E-state index < -0.39 is 5.54 Å². The quantitative estimate of drug-likeness (QED) is 0.598. The monoisotopic (exact) mass is 191 g/mol. The van der Waals surface area contributed by atoms with Crippen LogP contribution in [0.5, 0.6) is 0 Å². The second-order valence-electron chi connectivity index (χ2n) is 2.63. The number of carbonyl (C=O) groups excluding carboxylic acids is 1. The summed E-state index contributed by atoms with van der Waals surface area (Å²) < 4.78 is 0. The van der Waals surface area contributed by atoms with Gasteiger partial charge >= 0.3 is 0 Å². The van der Waals surface area contributed by atoms with Crippen LogP contribution < -0.4 is 5.32 Å². The third-order valence-corrected chi connectivity index (χ3v) is 1.72. The third kappa shape index (κ3) is 5.60. The first kappa shape index (κ1) is 14.9. The standard InChI is InChI=1S/C7H15NO3.C2H6/c1-3-7(4-9,5-10)8-6(2)11;1-2/h9-10H,3-5H2,1-2H3,(H,8,11);1-2H3. The second-order valence-corrected chi connectivity index (χ2v) is 2.63. The highest BCUT2D eigenvalue weighted by Crippen LogP contribution is 2.07. The van der Waals surface area contributed by atoms with Gasteiger partial charge in [-0.1, -0.05) is 20.8 Å². The van der Waals surface area contributed by atoms with Crippen LogP contribution in [0, 0.1) is 0 Å². The molecule has 0 unspecified atom stereocenters. The Kier molecular flexibility index (Phi) is 9.17. The third-order valence-electron chi connectivity index (χ3n) is 1.72. The number of nitrogens with one attached hydrogen (secondary N) is 1. The fraction of sp³-hybridized carbons (Fsp3) is 0.889. The molecule has 0 aromatic carbocycles. The maximum atomic E-state index is 10.6. The van der Waals surface area contributed by atoms with E-state index in [4.69, 9.17) is 10.2 Å². The zero-order chi connectivity index (χ0) is 10.9. The minimum atomic E-state index is -0.841. The number of hydrogen-bond acceptors (Lipinski definition) is 3. The van der Waals surface area contributed by atoms with Crippen LogP contribution in [0.3, 0.4) is 0 Å². The van der Waals surface area contributed by atoms with Crippen LogP contribution in [-0.2, 0) is 4.79 Å². The van der Waals surface area contributed by atoms with Crippen molar-refractivity contribution < 1.29 is 15.0 Å². The first-order valence-electron chi connectivity index (χ1n) is 4.60. The normalized spacial score (nSPS) is 10.0. The van der Waals surface area contributed by atoms with Crippen LogP contribution in [0.25, 0.3) is 0 Å². The van der Waals surface area contributed by atoms with Crippen molar-refractivity contribution in [2.24, 2.45) is 0 Å². The highest BCUT2D eigenvalue weighted by Gasteiger charge is 2.26. The summed E-state index contributed by atoms with van der Waals surface area (Å²) in [5, 5.41) is 20.2. The SMILES string of the molecule is CC.CCC(CO)(CO)NC(C)=O. The molecule has 0 fully saturated rings. The van der Waals surface area contributed by atoms with Crippen molar-refractivity contribution in [2.45, 2.75) is 39.7 Å². The lowest BCUT2D eigenvalue weighted by molar-refractivity contribution is -0.122. The smallest absolute Gasteiger partial charge is 0.217 e. The van der Waals surface area contributed by atoms with Crippen molar-refractivity contribution in [1.29, 1.82) is 0 Å². The van der Waals surface area contributed by atoms with Crippen molar-refractivity contribution in [1.82, 2.24) is 5.32 Å². The van der Waals surface area contributed by atoms with Crippen molar-refractivity contribution in [3.05, 3.63) is 0 Å². The lowest BCUT2D eigenvalue weighted by Crippen LogP contribution is -2.53. The first-order chi connectivity index (χ1) is 6.10. The highest BCUT2D eigenvalue weighted by molar-refractivity contribution is 5.73. The van der Waals surface area contributed by atoms with Gasteiger partial charge in [0.2, 0.25) is 5.91 Å². The van der Waals surface area contributed by atoms with Gasteiger partial charge in [0.15, 0.2) is 0 Å². The van der Waals surface area contributed by atoms with E-state index >= 15 is 0 Å². The number of aliphatic hydroxyl groups excluding tert-OH is 2. The van der Waals surface area contributed by atoms with E-state index in [9.17, 15) is 4.79 Å². The molecule has 80 valence electrons. The Balaban J connectivity index is 0. The maximum Gasteiger partial charge on any atom is 0.217 e. The number of amides is 1. The number of carbonyl (C=O) groups is 1. The van der Waals surface area contributed by atoms with Crippen molar-refractivity contribution in [2.75, 3.05) is 13.2 Å². The predicted molar refractivity (Wildman–Crippen MR) is 52.4 cm³/mol. The van der Waals surface area contributed by atoms with Gasteiger partial charge in [0.1, 0.15) is 0 Å². The van der Waals surface area contributed by atoms with E-state index in [0.717, 1.165) is 0 Å². The molecule has 0 radical (unpaired) electrons. The molecule has 0 bridgehead atoms. The summed E-state index contributed by atoms with van der Waals surface area (Å²) in [5.41, 5.74) is -0.841. The van der Waals surface area contributed by atoms with Crippen LogP contribution in [0.15, 0.2) is 0 Å². The van der Waals surface area contributed by atoms with Crippen LogP contribution in [0.1, 0.15) is 34.1 Å². The van der Waals surface area contributed by atoms with Crippen LogP contribution in [0.4, 0.5) is 0 Å². The Morgan fingerprint density at radius 2 is 1.69 bits per heavy atom. The lowest BCUT2D eigenvalue weighted by Gasteiger charge is -2.28. The Morgan fingerprint density at radius 3 is 1.77 bits per heavy atom. The van der Waals surface area contributed by atoms with Crippen LogP contribution in [-0.4, -0.2) is 34.9 Å². The topological polar surface area (TPSA) is 69.6 Å². The molecule has 0 aromatic heterocycles. The second kappa shape index (κ2) is 8.01. The molecule has 13 heavy (non-hydrogen) atoms. The minimum Gasteiger partial charge on any atom is -0.394 e. The van der Waals surface area contributed by atoms with Crippen molar-refractivity contribution >= 4 is 5.91 Å². The van der Waals surface area contributed by atoms with Gasteiger partial charge in [-0.05, 0) is 6.42 Å². The molecule has 0 aromatic rings. The fourth-order valence-corrected chi connectivity index (χ4v) is 0.814. The van der Waals surface area contributed by atoms with Gasteiger partial charge in [0.25, 0.3) is 0 Å². The molecule has 0 aliphatic rings. The molecular formula is C9H21NO3. The fourth-order valence-electron chi connectivity index (χ4n) is 0.814. The highest BCUT2D eigenvalue weighted by atomic mass is 16.3. The van der Waals surface area contributed by atoms with Gasteiger partial charge in [0, 0.05) is 6.92 Å². The summed E-state index contributed by atoms with van der Waals surface area (Å²) >= 11 is 0. The molecule has 0 heterocycles. The molecule has 3 N–H and O–H groups in total. The Bertz CT molecular complexity index is 125. The maximum absolute atomic E-state index is 10.6. The van der Waals surface area contributed by atoms with Gasteiger partial charge in [0.05, 0.1) is 18.8 Å². The summed E-state index contributed by atoms with van der Waals surface area (Å²) in [4.78, 5) is 10.6. The summed E-state index contributed by atoms with van der Waals surface area (Å²) in [5.74, 6) is -0.241. The summed E-state index contributed by atoms with van der Waals surface area (Å²) in [7, 11) is 0. The van der Waals surface area contributed by atoms with E-state index in [1.165, 1.54) is 6.92 Å². The van der Waals surface area contributed by atoms with Gasteiger partial charge in [-0.25, -0.2) is 0 Å². The molecule has 0 aliphatic carbocycles. The average molecular weight is 191 g/mol. The van der Waals surface area contributed by atoms with Gasteiger partial charge in [-0.3, -0.25) is 4.79 Å². The zero-order valence-electron chi connectivity index (χ0n) is 8.92. The van der Waals surface area contributed by atoms with Crippen LogP contribution in [0.2, 0.25) is 0 Å². The minimum absolute atomic E-state index is 0.237. The molecule has 0 atom stereocenters. The molecule has 0 rings (SSSR count). The predicted octanol–water partition coefficient (Wildman–Crippen LogP) is 0.282.